The molecule has 1 aromatic carbocycles. The molecule has 1 atom stereocenters. The maximum atomic E-state index is 12.6. The summed E-state index contributed by atoms with van der Waals surface area (Å²) in [7, 11) is 0. The zero-order chi connectivity index (χ0) is 20.0. The molecule has 0 saturated heterocycles. The van der Waals surface area contributed by atoms with Gasteiger partial charge in [-0.25, -0.2) is 9.97 Å². The van der Waals surface area contributed by atoms with E-state index in [1.807, 2.05) is 43.3 Å². The molecule has 0 saturated carbocycles. The highest BCUT2D eigenvalue weighted by atomic mass is 32.2. The average molecular weight is 413 g/mol. The molecule has 2 N–H and O–H groups in total. The Morgan fingerprint density at radius 1 is 1.34 bits per heavy atom. The number of carbonyl (C=O) groups is 1. The molecule has 0 fully saturated rings. The van der Waals surface area contributed by atoms with Gasteiger partial charge >= 0.3 is 0 Å². The van der Waals surface area contributed by atoms with Crippen molar-refractivity contribution in [3.63, 3.8) is 0 Å². The highest BCUT2D eigenvalue weighted by Crippen LogP contribution is 2.35. The minimum absolute atomic E-state index is 0. The van der Waals surface area contributed by atoms with E-state index in [4.69, 9.17) is 10.5 Å². The van der Waals surface area contributed by atoms with E-state index in [9.17, 15) is 4.79 Å². The van der Waals surface area contributed by atoms with E-state index >= 15 is 0 Å². The molecule has 29 heavy (non-hydrogen) atoms. The predicted octanol–water partition coefficient (Wildman–Crippen LogP) is 4.16. The number of nitrogens with zero attached hydrogens (tertiary/aromatic N) is 3. The first-order valence-corrected chi connectivity index (χ1v) is 10.2. The Balaban J connectivity index is 0.00000300. The third kappa shape index (κ3) is 5.90. The lowest BCUT2D eigenvalue weighted by Gasteiger charge is -2.30. The molecule has 154 valence electrons. The Kier molecular flexibility index (Phi) is 7.96. The number of aromatic nitrogens is 2. The summed E-state index contributed by atoms with van der Waals surface area (Å²) in [6.45, 7) is 4.43. The maximum Gasteiger partial charge on any atom is 0.232 e. The van der Waals surface area contributed by atoms with Gasteiger partial charge in [0.25, 0.3) is 0 Å². The van der Waals surface area contributed by atoms with Crippen LogP contribution in [0.1, 0.15) is 49.3 Å². The Morgan fingerprint density at radius 3 is 2.86 bits per heavy atom. The number of rotatable bonds is 7. The highest BCUT2D eigenvalue weighted by molar-refractivity contribution is 8.13. The number of carbonyl (C=O) groups excluding carboxylic acids is 1. The Hall–Kier alpha value is -2.67. The molecule has 0 bridgehead atoms. The summed E-state index contributed by atoms with van der Waals surface area (Å²) in [6.07, 6.45) is 7.87. The molecular formula is C22H28N4O2S. The zero-order valence-electron chi connectivity index (χ0n) is 16.1. The van der Waals surface area contributed by atoms with Crippen LogP contribution in [0.5, 0.6) is 5.88 Å². The summed E-state index contributed by atoms with van der Waals surface area (Å²) in [5.74, 6) is 1.25. The van der Waals surface area contributed by atoms with Crippen molar-refractivity contribution in [2.75, 3.05) is 12.4 Å². The summed E-state index contributed by atoms with van der Waals surface area (Å²) in [6, 6.07) is 7.97. The van der Waals surface area contributed by atoms with Crippen LogP contribution in [0.3, 0.4) is 0 Å². The van der Waals surface area contributed by atoms with Crippen molar-refractivity contribution in [1.82, 2.24) is 9.97 Å². The third-order valence-corrected chi connectivity index (χ3v) is 5.38. The van der Waals surface area contributed by atoms with Gasteiger partial charge < -0.3 is 10.5 Å². The van der Waals surface area contributed by atoms with Crippen molar-refractivity contribution in [2.45, 2.75) is 39.7 Å². The van der Waals surface area contributed by atoms with Crippen LogP contribution < -0.4 is 10.5 Å². The molecule has 0 amide bonds. The second kappa shape index (κ2) is 10.2. The Morgan fingerprint density at radius 2 is 2.17 bits per heavy atom. The first-order chi connectivity index (χ1) is 13.5. The van der Waals surface area contributed by atoms with Gasteiger partial charge in [-0.05, 0) is 31.4 Å². The normalized spacial score (nSPS) is 18.8. The smallest absolute Gasteiger partial charge is 0.232 e. The molecule has 1 aromatic heterocycles. The van der Waals surface area contributed by atoms with E-state index in [1.165, 1.54) is 12.4 Å². The van der Waals surface area contributed by atoms with Gasteiger partial charge in [0, 0.05) is 12.2 Å². The predicted molar refractivity (Wildman–Crippen MR) is 120 cm³/mol. The topological polar surface area (TPSA) is 90.5 Å². The second-order valence-corrected chi connectivity index (χ2v) is 7.86. The first kappa shape index (κ1) is 22.6. The Labute approximate surface area is 176 Å². The molecule has 2 aromatic rings. The lowest BCUT2D eigenvalue weighted by Crippen LogP contribution is -2.28. The summed E-state index contributed by atoms with van der Waals surface area (Å²) in [5, 5.41) is 0.613. The fourth-order valence-corrected chi connectivity index (χ4v) is 3.93. The maximum absolute atomic E-state index is 12.6. The van der Waals surface area contributed by atoms with Gasteiger partial charge in [0.1, 0.15) is 12.3 Å². The van der Waals surface area contributed by atoms with E-state index in [0.717, 1.165) is 23.3 Å². The largest absolute Gasteiger partial charge is 0.472 e. The minimum Gasteiger partial charge on any atom is -0.472 e. The van der Waals surface area contributed by atoms with Crippen molar-refractivity contribution in [3.8, 4) is 5.88 Å². The molecule has 2 heterocycles. The van der Waals surface area contributed by atoms with Crippen molar-refractivity contribution >= 4 is 22.7 Å². The fraction of sp³-hybridized carbons (Fsp3) is 0.364. The number of thioether (sulfide) groups is 1. The Bertz CT molecular complexity index is 896. The number of allylic oxidation sites excluding steroid dienone is 1. The molecule has 0 radical (unpaired) electrons. The quantitative estimate of drug-likeness (QED) is 0.542. The molecule has 3 rings (SSSR count). The standard InChI is InChI=1S/C21H24N4O2S.CH4/c1-3-4-9-27-19-14-23-17(13-24-19)18(26)12-15-6-5-7-16(11-15)21(2)8-10-28-20(22)25-21;/h3-7,11,13-14H,8-10,12H2,1-2H3,(H2,22,25);1H4/b4-3+;/t21-;/m0./s1. The summed E-state index contributed by atoms with van der Waals surface area (Å²) in [4.78, 5) is 25.6. The lowest BCUT2D eigenvalue weighted by atomic mass is 9.88. The van der Waals surface area contributed by atoms with Crippen LogP contribution in [0.2, 0.25) is 0 Å². The van der Waals surface area contributed by atoms with Crippen LogP contribution in [0, 0.1) is 0 Å². The van der Waals surface area contributed by atoms with Crippen LogP contribution in [-0.2, 0) is 12.0 Å². The fourth-order valence-electron chi connectivity index (χ4n) is 2.95. The highest BCUT2D eigenvalue weighted by Gasteiger charge is 2.29. The summed E-state index contributed by atoms with van der Waals surface area (Å²) in [5.41, 5.74) is 7.89. The van der Waals surface area contributed by atoms with Crippen LogP contribution >= 0.6 is 11.8 Å². The summed E-state index contributed by atoms with van der Waals surface area (Å²) < 4.78 is 5.41. The third-order valence-electron chi connectivity index (χ3n) is 4.59. The molecule has 0 spiro atoms. The SMILES string of the molecule is C.C/C=C/COc1cnc(C(=O)Cc2cccc([C@]3(C)CCSC(N)=N3)c2)cn1. The number of ether oxygens (including phenoxy) is 1. The molecule has 7 heteroatoms. The van der Waals surface area contributed by atoms with Gasteiger partial charge in [-0.1, -0.05) is 55.6 Å². The van der Waals surface area contributed by atoms with Gasteiger partial charge in [-0.3, -0.25) is 9.79 Å². The number of Topliss-reactive ketones (excluding diaryl/α,β-unsaturated/α-hetero) is 1. The average Bonchev–Trinajstić information content (AvgIpc) is 2.69. The molecule has 0 aliphatic carbocycles. The number of benzene rings is 1. The molecule has 0 unspecified atom stereocenters. The van der Waals surface area contributed by atoms with Crippen LogP contribution in [-0.4, -0.2) is 33.3 Å². The van der Waals surface area contributed by atoms with E-state index in [1.54, 1.807) is 11.8 Å². The summed E-state index contributed by atoms with van der Waals surface area (Å²) >= 11 is 1.58. The van der Waals surface area contributed by atoms with Crippen molar-refractivity contribution in [2.24, 2.45) is 10.7 Å². The number of ketones is 1. The van der Waals surface area contributed by atoms with Gasteiger partial charge in [0.15, 0.2) is 11.0 Å². The van der Waals surface area contributed by atoms with Crippen LogP contribution in [0.15, 0.2) is 53.8 Å². The number of hydrogen-bond donors (Lipinski definition) is 1. The van der Waals surface area contributed by atoms with Crippen LogP contribution in [0.25, 0.3) is 0 Å². The molecule has 1 aliphatic heterocycles. The van der Waals surface area contributed by atoms with Gasteiger partial charge in [0.05, 0.1) is 17.9 Å². The molecule has 6 nitrogen and oxygen atoms in total. The van der Waals surface area contributed by atoms with Gasteiger partial charge in [-0.15, -0.1) is 0 Å². The second-order valence-electron chi connectivity index (χ2n) is 6.74. The van der Waals surface area contributed by atoms with Gasteiger partial charge in [0.2, 0.25) is 5.88 Å². The van der Waals surface area contributed by atoms with Gasteiger partial charge in [-0.2, -0.15) is 0 Å². The van der Waals surface area contributed by atoms with Crippen LogP contribution in [0.4, 0.5) is 0 Å². The zero-order valence-corrected chi connectivity index (χ0v) is 16.9. The first-order valence-electron chi connectivity index (χ1n) is 9.17. The van der Waals surface area contributed by atoms with E-state index in [-0.39, 0.29) is 25.2 Å². The molecular weight excluding hydrogens is 384 g/mol. The van der Waals surface area contributed by atoms with E-state index < -0.39 is 0 Å². The van der Waals surface area contributed by atoms with E-state index in [2.05, 4.69) is 21.9 Å². The monoisotopic (exact) mass is 412 g/mol. The number of nitrogens with two attached hydrogens (primary N) is 1. The van der Waals surface area contributed by atoms with Crippen molar-refractivity contribution in [1.29, 1.82) is 0 Å². The number of aliphatic imine (C=N–C) groups is 1. The number of hydrogen-bond acceptors (Lipinski definition) is 7. The lowest BCUT2D eigenvalue weighted by molar-refractivity contribution is 0.0987. The number of amidine groups is 1. The minimum atomic E-state index is -0.347. The molecule has 1 aliphatic rings. The van der Waals surface area contributed by atoms with E-state index in [0.29, 0.717) is 23.3 Å². The van der Waals surface area contributed by atoms with Crippen molar-refractivity contribution < 1.29 is 9.53 Å². The van der Waals surface area contributed by atoms with Crippen molar-refractivity contribution in [3.05, 3.63) is 65.6 Å².